The number of hydrogen-bond acceptors (Lipinski definition) is 8. The Morgan fingerprint density at radius 3 is 2.93 bits per heavy atom. The van der Waals surface area contributed by atoms with Crippen LogP contribution in [0.4, 0.5) is 0 Å². The lowest BCUT2D eigenvalue weighted by Crippen LogP contribution is -2.46. The van der Waals surface area contributed by atoms with E-state index >= 15 is 0 Å². The summed E-state index contributed by atoms with van der Waals surface area (Å²) < 4.78 is 10.8. The van der Waals surface area contributed by atoms with Gasteiger partial charge in [0, 0.05) is 50.0 Å². The summed E-state index contributed by atoms with van der Waals surface area (Å²) in [6.07, 6.45) is 5.68. The van der Waals surface area contributed by atoms with Crippen LogP contribution in [-0.2, 0) is 10.2 Å². The third-order valence-corrected chi connectivity index (χ3v) is 5.84. The van der Waals surface area contributed by atoms with Crippen LogP contribution in [0.15, 0.2) is 39.9 Å². The highest BCUT2D eigenvalue weighted by Crippen LogP contribution is 2.38. The summed E-state index contributed by atoms with van der Waals surface area (Å²) in [5.74, 6) is 1.11. The Kier molecular flexibility index (Phi) is 5.45. The number of nitrogens with zero attached hydrogens (tertiary/aromatic N) is 5. The number of amides is 1. The van der Waals surface area contributed by atoms with E-state index in [1.165, 1.54) is 11.3 Å². The summed E-state index contributed by atoms with van der Waals surface area (Å²) in [5, 5.41) is 6.06. The van der Waals surface area contributed by atoms with Crippen LogP contribution in [0.5, 0.6) is 0 Å². The summed E-state index contributed by atoms with van der Waals surface area (Å²) in [4.78, 5) is 27.4. The number of likely N-dealkylation sites (tertiary alicyclic amines) is 1. The highest BCUT2D eigenvalue weighted by atomic mass is 32.1. The van der Waals surface area contributed by atoms with Gasteiger partial charge in [-0.3, -0.25) is 9.78 Å². The van der Waals surface area contributed by atoms with Crippen LogP contribution in [0, 0.1) is 0 Å². The van der Waals surface area contributed by atoms with Crippen molar-refractivity contribution in [3.8, 4) is 11.5 Å². The zero-order valence-electron chi connectivity index (χ0n) is 15.6. The van der Waals surface area contributed by atoms with Crippen LogP contribution in [0.25, 0.3) is 11.5 Å². The summed E-state index contributed by atoms with van der Waals surface area (Å²) in [6.45, 7) is 1.84. The lowest BCUT2D eigenvalue weighted by Gasteiger charge is -2.39. The Hall–Kier alpha value is -2.65. The largest absolute Gasteiger partial charge is 0.385 e. The Morgan fingerprint density at radius 1 is 1.39 bits per heavy atom. The van der Waals surface area contributed by atoms with Crippen molar-refractivity contribution in [2.75, 3.05) is 26.8 Å². The van der Waals surface area contributed by atoms with Gasteiger partial charge in [0.05, 0.1) is 11.1 Å². The molecule has 0 aliphatic carbocycles. The van der Waals surface area contributed by atoms with Crippen molar-refractivity contribution < 1.29 is 14.1 Å². The van der Waals surface area contributed by atoms with Crippen LogP contribution >= 0.6 is 11.3 Å². The Labute approximate surface area is 166 Å². The molecule has 4 rings (SSSR count). The summed E-state index contributed by atoms with van der Waals surface area (Å²) in [6, 6.07) is 3.73. The number of methoxy groups -OCH3 is 1. The van der Waals surface area contributed by atoms with Gasteiger partial charge in [0.2, 0.25) is 0 Å². The normalized spacial score (nSPS) is 16.2. The number of hydrogen-bond donors (Lipinski definition) is 0. The fourth-order valence-electron chi connectivity index (χ4n) is 3.55. The highest BCUT2D eigenvalue weighted by Gasteiger charge is 2.41. The van der Waals surface area contributed by atoms with Crippen molar-refractivity contribution >= 4 is 17.2 Å². The third kappa shape index (κ3) is 3.67. The van der Waals surface area contributed by atoms with Crippen LogP contribution in [0.2, 0.25) is 0 Å². The van der Waals surface area contributed by atoms with E-state index < -0.39 is 0 Å². The quantitative estimate of drug-likeness (QED) is 0.629. The van der Waals surface area contributed by atoms with Gasteiger partial charge in [-0.1, -0.05) is 5.16 Å². The molecule has 1 saturated heterocycles. The van der Waals surface area contributed by atoms with Gasteiger partial charge < -0.3 is 14.2 Å². The monoisotopic (exact) mass is 399 g/mol. The lowest BCUT2D eigenvalue weighted by molar-refractivity contribution is 0.0611. The Morgan fingerprint density at radius 2 is 2.25 bits per heavy atom. The van der Waals surface area contributed by atoms with Crippen LogP contribution in [0.3, 0.4) is 0 Å². The first-order valence-electron chi connectivity index (χ1n) is 9.13. The van der Waals surface area contributed by atoms with Crippen molar-refractivity contribution in [2.24, 2.45) is 0 Å². The average molecular weight is 399 g/mol. The van der Waals surface area contributed by atoms with E-state index in [9.17, 15) is 4.79 Å². The van der Waals surface area contributed by atoms with Crippen LogP contribution in [0.1, 0.15) is 35.6 Å². The first kappa shape index (κ1) is 18.7. The molecule has 4 heterocycles. The van der Waals surface area contributed by atoms with E-state index in [1.807, 2.05) is 17.0 Å². The number of rotatable bonds is 6. The fourth-order valence-corrected chi connectivity index (χ4v) is 4.07. The highest BCUT2D eigenvalue weighted by molar-refractivity contribution is 7.07. The second kappa shape index (κ2) is 8.15. The van der Waals surface area contributed by atoms with E-state index in [0.717, 1.165) is 24.8 Å². The molecule has 0 saturated carbocycles. The van der Waals surface area contributed by atoms with Gasteiger partial charge in [0.25, 0.3) is 11.8 Å². The number of thiazole rings is 1. The van der Waals surface area contributed by atoms with Crippen molar-refractivity contribution in [2.45, 2.75) is 24.7 Å². The van der Waals surface area contributed by atoms with Gasteiger partial charge in [-0.15, -0.1) is 11.3 Å². The zero-order valence-corrected chi connectivity index (χ0v) is 16.4. The number of carbonyl (C=O) groups excluding carboxylic acids is 1. The molecule has 8 nitrogen and oxygen atoms in total. The summed E-state index contributed by atoms with van der Waals surface area (Å²) in [7, 11) is 1.69. The molecule has 0 bridgehead atoms. The molecule has 0 unspecified atom stereocenters. The average Bonchev–Trinajstić information content (AvgIpc) is 3.45. The maximum Gasteiger partial charge on any atom is 0.273 e. The van der Waals surface area contributed by atoms with E-state index in [4.69, 9.17) is 9.26 Å². The number of carbonyl (C=O) groups is 1. The van der Waals surface area contributed by atoms with Gasteiger partial charge in [-0.05, 0) is 31.4 Å². The molecule has 146 valence electrons. The van der Waals surface area contributed by atoms with Crippen LogP contribution < -0.4 is 0 Å². The SMILES string of the molecule is COCCC1(c2noc(-c3cccnc3)n2)CCN(C(=O)c2cscn2)CC1. The molecule has 3 aromatic rings. The van der Waals surface area contributed by atoms with Gasteiger partial charge in [-0.25, -0.2) is 4.98 Å². The molecule has 0 spiro atoms. The zero-order chi connectivity index (χ0) is 19.4. The lowest BCUT2D eigenvalue weighted by atomic mass is 9.75. The molecule has 0 radical (unpaired) electrons. The van der Waals surface area contributed by atoms with Gasteiger partial charge in [-0.2, -0.15) is 4.98 Å². The molecular formula is C19H21N5O3S. The van der Waals surface area contributed by atoms with E-state index in [1.54, 1.807) is 30.4 Å². The van der Waals surface area contributed by atoms with Crippen molar-refractivity contribution in [3.63, 3.8) is 0 Å². The first-order chi connectivity index (χ1) is 13.7. The molecule has 3 aromatic heterocycles. The fraction of sp³-hybridized carbons (Fsp3) is 0.421. The molecule has 0 N–H and O–H groups in total. The molecule has 28 heavy (non-hydrogen) atoms. The summed E-state index contributed by atoms with van der Waals surface area (Å²) in [5.41, 5.74) is 2.70. The van der Waals surface area contributed by atoms with Gasteiger partial charge in [0.15, 0.2) is 5.82 Å². The molecule has 1 aliphatic heterocycles. The predicted octanol–water partition coefficient (Wildman–Crippen LogP) is 2.80. The smallest absolute Gasteiger partial charge is 0.273 e. The minimum atomic E-state index is -0.279. The number of aromatic nitrogens is 4. The Bertz CT molecular complexity index is 905. The van der Waals surface area contributed by atoms with Crippen molar-refractivity contribution in [3.05, 3.63) is 46.9 Å². The maximum atomic E-state index is 12.6. The second-order valence-corrected chi connectivity index (χ2v) is 7.57. The van der Waals surface area contributed by atoms with Crippen molar-refractivity contribution in [1.29, 1.82) is 0 Å². The predicted molar refractivity (Wildman–Crippen MR) is 103 cm³/mol. The molecule has 0 atom stereocenters. The van der Waals surface area contributed by atoms with Gasteiger partial charge in [0.1, 0.15) is 5.69 Å². The molecular weight excluding hydrogens is 378 g/mol. The standard InChI is InChI=1S/C19H21N5O3S/c1-26-10-6-19(18-22-16(27-23-18)14-3-2-7-20-11-14)4-8-24(9-5-19)17(25)15-12-28-13-21-15/h2-3,7,11-13H,4-6,8-10H2,1H3. The molecule has 0 aromatic carbocycles. The first-order valence-corrected chi connectivity index (χ1v) is 10.1. The Balaban J connectivity index is 1.54. The summed E-state index contributed by atoms with van der Waals surface area (Å²) >= 11 is 1.43. The molecule has 1 fully saturated rings. The van der Waals surface area contributed by atoms with Crippen LogP contribution in [-0.4, -0.2) is 57.7 Å². The van der Waals surface area contributed by atoms with E-state index in [0.29, 0.717) is 37.1 Å². The maximum absolute atomic E-state index is 12.6. The number of piperidine rings is 1. The molecule has 1 aliphatic rings. The van der Waals surface area contributed by atoms with Crippen molar-refractivity contribution in [1.82, 2.24) is 25.0 Å². The topological polar surface area (TPSA) is 94.2 Å². The second-order valence-electron chi connectivity index (χ2n) is 6.85. The number of ether oxygens (including phenoxy) is 1. The molecule has 9 heteroatoms. The number of pyridine rings is 1. The minimum Gasteiger partial charge on any atom is -0.385 e. The van der Waals surface area contributed by atoms with E-state index in [2.05, 4.69) is 20.1 Å². The molecule has 1 amide bonds. The third-order valence-electron chi connectivity index (χ3n) is 5.25. The minimum absolute atomic E-state index is 0.0225. The van der Waals surface area contributed by atoms with Gasteiger partial charge >= 0.3 is 0 Å². The van der Waals surface area contributed by atoms with E-state index in [-0.39, 0.29) is 11.3 Å².